The highest BCUT2D eigenvalue weighted by molar-refractivity contribution is 8.03. The van der Waals surface area contributed by atoms with Gasteiger partial charge in [-0.1, -0.05) is 48.0 Å². The van der Waals surface area contributed by atoms with Crippen LogP contribution < -0.4 is 5.32 Å². The van der Waals surface area contributed by atoms with E-state index in [4.69, 9.17) is 0 Å². The van der Waals surface area contributed by atoms with Crippen molar-refractivity contribution in [1.82, 2.24) is 5.32 Å². The lowest BCUT2D eigenvalue weighted by molar-refractivity contribution is 0.648. The van der Waals surface area contributed by atoms with Gasteiger partial charge in [0.2, 0.25) is 0 Å². The summed E-state index contributed by atoms with van der Waals surface area (Å²) in [4.78, 5) is 0. The Morgan fingerprint density at radius 1 is 1.36 bits per heavy atom. The molecule has 1 aromatic carbocycles. The van der Waals surface area contributed by atoms with E-state index in [9.17, 15) is 0 Å². The van der Waals surface area contributed by atoms with Gasteiger partial charge in [-0.2, -0.15) is 0 Å². The molecule has 0 aliphatic carbocycles. The van der Waals surface area contributed by atoms with E-state index in [1.165, 1.54) is 5.56 Å². The molecule has 0 heterocycles. The molecule has 0 aliphatic rings. The van der Waals surface area contributed by atoms with E-state index in [1.54, 1.807) is 11.8 Å². The van der Waals surface area contributed by atoms with Crippen LogP contribution in [0.15, 0.2) is 30.3 Å². The van der Waals surface area contributed by atoms with Crippen molar-refractivity contribution in [2.75, 3.05) is 6.26 Å². The predicted molar refractivity (Wildman–Crippen MR) is 64.0 cm³/mol. The molecule has 0 spiro atoms. The van der Waals surface area contributed by atoms with E-state index in [2.05, 4.69) is 47.7 Å². The average molecular weight is 205 g/mol. The number of hydrogen-bond donors (Lipinski definition) is 1. The van der Waals surface area contributed by atoms with Gasteiger partial charge in [-0.25, -0.2) is 0 Å². The Labute approximate surface area is 90.3 Å². The van der Waals surface area contributed by atoms with Crippen LogP contribution in [-0.4, -0.2) is 12.3 Å². The van der Waals surface area contributed by atoms with E-state index >= 15 is 0 Å². The highest BCUT2D eigenvalue weighted by atomic mass is 32.2. The van der Waals surface area contributed by atoms with Crippen molar-refractivity contribution >= 4 is 11.8 Å². The first-order chi connectivity index (χ1) is 6.83. The van der Waals surface area contributed by atoms with Crippen molar-refractivity contribution in [2.45, 2.75) is 19.5 Å². The Morgan fingerprint density at radius 2 is 2.07 bits per heavy atom. The second kappa shape index (κ2) is 6.53. The number of nitrogens with one attached hydrogen (secondary N) is 1. The standard InChI is InChI=1S/C12H15NS/c1-11(8-9-14-2)13-10-12-6-4-3-5-7-12/h3-7,11,13H,10H2,1-2H3. The molecule has 0 fully saturated rings. The Kier molecular flexibility index (Phi) is 5.21. The molecule has 1 aromatic rings. The maximum absolute atomic E-state index is 3.35. The smallest absolute Gasteiger partial charge is 0.0672 e. The van der Waals surface area contributed by atoms with Gasteiger partial charge in [0.1, 0.15) is 0 Å². The molecule has 14 heavy (non-hydrogen) atoms. The molecule has 1 rings (SSSR count). The zero-order chi connectivity index (χ0) is 10.2. The second-order valence-electron chi connectivity index (χ2n) is 3.04. The molecule has 0 amide bonds. The van der Waals surface area contributed by atoms with Crippen LogP contribution in [0, 0.1) is 11.2 Å². The molecular formula is C12H15NS. The van der Waals surface area contributed by atoms with Crippen LogP contribution in [0.4, 0.5) is 0 Å². The minimum absolute atomic E-state index is 0.252. The molecule has 74 valence electrons. The highest BCUT2D eigenvalue weighted by Crippen LogP contribution is 1.98. The van der Waals surface area contributed by atoms with E-state index < -0.39 is 0 Å². The van der Waals surface area contributed by atoms with Crippen LogP contribution in [0.1, 0.15) is 12.5 Å². The first-order valence-corrected chi connectivity index (χ1v) is 5.86. The first kappa shape index (κ1) is 11.2. The Morgan fingerprint density at radius 3 is 2.71 bits per heavy atom. The molecule has 1 unspecified atom stereocenters. The predicted octanol–water partition coefficient (Wildman–Crippen LogP) is 2.49. The zero-order valence-corrected chi connectivity index (χ0v) is 9.40. The fourth-order valence-corrected chi connectivity index (χ4v) is 1.36. The zero-order valence-electron chi connectivity index (χ0n) is 8.58. The maximum atomic E-state index is 3.35. The minimum atomic E-state index is 0.252. The van der Waals surface area contributed by atoms with Crippen molar-refractivity contribution in [3.8, 4) is 11.2 Å². The van der Waals surface area contributed by atoms with Gasteiger partial charge in [-0.15, -0.1) is 0 Å². The van der Waals surface area contributed by atoms with Gasteiger partial charge in [0.25, 0.3) is 0 Å². The maximum Gasteiger partial charge on any atom is 0.0672 e. The number of hydrogen-bond acceptors (Lipinski definition) is 2. The molecular weight excluding hydrogens is 190 g/mol. The van der Waals surface area contributed by atoms with Crippen molar-refractivity contribution in [3.63, 3.8) is 0 Å². The fraction of sp³-hybridized carbons (Fsp3) is 0.333. The van der Waals surface area contributed by atoms with Crippen LogP contribution >= 0.6 is 11.8 Å². The van der Waals surface area contributed by atoms with E-state index in [0.29, 0.717) is 0 Å². The molecule has 0 aliphatic heterocycles. The molecule has 1 N–H and O–H groups in total. The summed E-state index contributed by atoms with van der Waals surface area (Å²) in [5, 5.41) is 6.34. The van der Waals surface area contributed by atoms with E-state index in [1.807, 2.05) is 12.3 Å². The Bertz CT molecular complexity index is 310. The van der Waals surface area contributed by atoms with Gasteiger partial charge in [0, 0.05) is 6.54 Å². The summed E-state index contributed by atoms with van der Waals surface area (Å²) in [6.45, 7) is 2.96. The monoisotopic (exact) mass is 205 g/mol. The molecule has 1 nitrogen and oxygen atoms in total. The summed E-state index contributed by atoms with van der Waals surface area (Å²) in [6.07, 6.45) is 1.98. The van der Waals surface area contributed by atoms with Gasteiger partial charge in [-0.05, 0) is 24.0 Å². The lowest BCUT2D eigenvalue weighted by Gasteiger charge is -2.06. The summed E-state index contributed by atoms with van der Waals surface area (Å²) in [6, 6.07) is 10.6. The largest absolute Gasteiger partial charge is 0.300 e. The molecule has 0 bridgehead atoms. The molecule has 1 atom stereocenters. The Hall–Kier alpha value is -0.910. The third kappa shape index (κ3) is 4.36. The fourth-order valence-electron chi connectivity index (χ4n) is 1.07. The third-order valence-corrected chi connectivity index (χ3v) is 2.15. The molecule has 0 aromatic heterocycles. The lowest BCUT2D eigenvalue weighted by atomic mass is 10.2. The highest BCUT2D eigenvalue weighted by Gasteiger charge is 1.95. The first-order valence-electron chi connectivity index (χ1n) is 4.63. The van der Waals surface area contributed by atoms with Crippen molar-refractivity contribution in [1.29, 1.82) is 0 Å². The van der Waals surface area contributed by atoms with Gasteiger partial charge >= 0.3 is 0 Å². The topological polar surface area (TPSA) is 12.0 Å². The van der Waals surface area contributed by atoms with Crippen molar-refractivity contribution in [2.24, 2.45) is 0 Å². The van der Waals surface area contributed by atoms with Crippen molar-refractivity contribution < 1.29 is 0 Å². The Balaban J connectivity index is 2.34. The quantitative estimate of drug-likeness (QED) is 0.761. The summed E-state index contributed by atoms with van der Waals surface area (Å²) in [7, 11) is 0. The van der Waals surface area contributed by atoms with Crippen LogP contribution in [0.5, 0.6) is 0 Å². The third-order valence-electron chi connectivity index (χ3n) is 1.83. The summed E-state index contributed by atoms with van der Waals surface area (Å²) in [5.74, 6) is 3.10. The summed E-state index contributed by atoms with van der Waals surface area (Å²) < 4.78 is 0. The number of benzene rings is 1. The van der Waals surface area contributed by atoms with Gasteiger partial charge in [-0.3, -0.25) is 5.32 Å². The van der Waals surface area contributed by atoms with Crippen LogP contribution in [0.25, 0.3) is 0 Å². The second-order valence-corrected chi connectivity index (χ2v) is 3.65. The molecule has 0 saturated heterocycles. The molecule has 2 heteroatoms. The summed E-state index contributed by atoms with van der Waals surface area (Å²) >= 11 is 1.55. The lowest BCUT2D eigenvalue weighted by Crippen LogP contribution is -2.23. The normalized spacial score (nSPS) is 11.6. The molecule has 0 radical (unpaired) electrons. The summed E-state index contributed by atoms with van der Waals surface area (Å²) in [5.41, 5.74) is 1.30. The van der Waals surface area contributed by atoms with Gasteiger partial charge < -0.3 is 0 Å². The van der Waals surface area contributed by atoms with Crippen LogP contribution in [-0.2, 0) is 6.54 Å². The van der Waals surface area contributed by atoms with Gasteiger partial charge in [0.05, 0.1) is 6.04 Å². The van der Waals surface area contributed by atoms with Crippen LogP contribution in [0.3, 0.4) is 0 Å². The minimum Gasteiger partial charge on any atom is -0.300 e. The van der Waals surface area contributed by atoms with Gasteiger partial charge in [0.15, 0.2) is 0 Å². The van der Waals surface area contributed by atoms with E-state index in [0.717, 1.165) is 6.54 Å². The number of thioether (sulfide) groups is 1. The SMILES string of the molecule is CSC#CC(C)NCc1ccccc1. The number of rotatable bonds is 3. The van der Waals surface area contributed by atoms with E-state index in [-0.39, 0.29) is 6.04 Å². The van der Waals surface area contributed by atoms with Crippen molar-refractivity contribution in [3.05, 3.63) is 35.9 Å². The van der Waals surface area contributed by atoms with Crippen LogP contribution in [0.2, 0.25) is 0 Å². The average Bonchev–Trinajstić information content (AvgIpc) is 2.25. The molecule has 0 saturated carbocycles.